The smallest absolute Gasteiger partial charge is 0.295 e. The molecule has 8 heteroatoms. The van der Waals surface area contributed by atoms with Crippen molar-refractivity contribution in [3.8, 4) is 0 Å². The Morgan fingerprint density at radius 2 is 2.00 bits per heavy atom. The number of anilines is 1. The summed E-state index contributed by atoms with van der Waals surface area (Å²) in [5.41, 5.74) is 1.08. The van der Waals surface area contributed by atoms with Crippen LogP contribution in [0.3, 0.4) is 0 Å². The molecule has 0 unspecified atom stereocenters. The zero-order valence-electron chi connectivity index (χ0n) is 12.5. The molecule has 1 aliphatic rings. The molecule has 0 N–H and O–H groups in total. The predicted molar refractivity (Wildman–Crippen MR) is 85.9 cm³/mol. The molecule has 23 heavy (non-hydrogen) atoms. The van der Waals surface area contributed by atoms with Crippen LogP contribution in [0.15, 0.2) is 18.2 Å². The molecule has 3 rings (SSSR count). The van der Waals surface area contributed by atoms with Gasteiger partial charge in [0, 0.05) is 5.56 Å². The van der Waals surface area contributed by atoms with Gasteiger partial charge in [-0.1, -0.05) is 17.7 Å². The minimum atomic E-state index is -4.95. The van der Waals surface area contributed by atoms with Crippen LogP contribution in [0.5, 0.6) is 0 Å². The van der Waals surface area contributed by atoms with Crippen molar-refractivity contribution >= 4 is 50.3 Å². The number of carbonyl (C=O) groups excluding carboxylic acids is 1. The third-order valence-corrected chi connectivity index (χ3v) is 4.86. The topological polar surface area (TPSA) is 33.2 Å². The number of fused-ring (bicyclic) bond motifs is 2. The van der Waals surface area contributed by atoms with Crippen LogP contribution in [0.1, 0.15) is 26.3 Å². The second-order valence-electron chi connectivity index (χ2n) is 5.92. The van der Waals surface area contributed by atoms with E-state index in [2.05, 4.69) is 4.98 Å². The van der Waals surface area contributed by atoms with Crippen molar-refractivity contribution in [2.24, 2.45) is 0 Å². The van der Waals surface area contributed by atoms with Gasteiger partial charge in [-0.3, -0.25) is 9.69 Å². The van der Waals surface area contributed by atoms with Crippen molar-refractivity contribution in [3.05, 3.63) is 28.2 Å². The third-order valence-electron chi connectivity index (χ3n) is 3.74. The predicted octanol–water partition coefficient (Wildman–Crippen LogP) is 5.04. The summed E-state index contributed by atoms with van der Waals surface area (Å²) in [6, 6.07) is 3.22. The van der Waals surface area contributed by atoms with Gasteiger partial charge in [-0.25, -0.2) is 4.98 Å². The zero-order chi connectivity index (χ0) is 17.2. The summed E-state index contributed by atoms with van der Waals surface area (Å²) in [5.74, 6) is -1.89. The van der Waals surface area contributed by atoms with Gasteiger partial charge in [0.05, 0.1) is 21.4 Å². The first kappa shape index (κ1) is 16.3. The van der Waals surface area contributed by atoms with Gasteiger partial charge in [0.25, 0.3) is 0 Å². The largest absolute Gasteiger partial charge is 0.471 e. The van der Waals surface area contributed by atoms with E-state index in [0.717, 1.165) is 21.8 Å². The summed E-state index contributed by atoms with van der Waals surface area (Å²) in [6.07, 6.45) is -3.30. The Kier molecular flexibility index (Phi) is 3.50. The quantitative estimate of drug-likeness (QED) is 0.659. The maximum absolute atomic E-state index is 13.0. The molecule has 0 fully saturated rings. The summed E-state index contributed by atoms with van der Waals surface area (Å²) in [4.78, 5) is 16.9. The first-order valence-corrected chi connectivity index (χ1v) is 7.91. The lowest BCUT2D eigenvalue weighted by molar-refractivity contribution is -0.171. The lowest BCUT2D eigenvalue weighted by Gasteiger charge is -2.41. The van der Waals surface area contributed by atoms with Crippen molar-refractivity contribution in [2.45, 2.75) is 32.5 Å². The van der Waals surface area contributed by atoms with Crippen LogP contribution < -0.4 is 4.90 Å². The second kappa shape index (κ2) is 4.95. The molecule has 0 saturated carbocycles. The number of nitrogens with zero attached hydrogens (tertiary/aromatic N) is 2. The number of carbonyl (C=O) groups is 1. The Balaban J connectivity index is 2.29. The van der Waals surface area contributed by atoms with E-state index < -0.39 is 17.6 Å². The van der Waals surface area contributed by atoms with Crippen molar-refractivity contribution < 1.29 is 18.0 Å². The SMILES string of the molecule is CC1=CC(C)(C)N(C(=O)C(F)(F)F)c2cc3sc(Cl)nc3cc21. The van der Waals surface area contributed by atoms with Crippen LogP contribution in [0.2, 0.25) is 4.47 Å². The van der Waals surface area contributed by atoms with Gasteiger partial charge in [0.2, 0.25) is 0 Å². The molecule has 1 amide bonds. The maximum atomic E-state index is 13.0. The van der Waals surface area contributed by atoms with Gasteiger partial charge in [-0.05, 0) is 38.5 Å². The lowest BCUT2D eigenvalue weighted by Crippen LogP contribution is -2.53. The van der Waals surface area contributed by atoms with E-state index >= 15 is 0 Å². The molecule has 0 bridgehead atoms. The molecule has 3 nitrogen and oxygen atoms in total. The highest BCUT2D eigenvalue weighted by Gasteiger charge is 2.49. The Morgan fingerprint density at radius 3 is 2.61 bits per heavy atom. The van der Waals surface area contributed by atoms with E-state index in [0.29, 0.717) is 20.2 Å². The Labute approximate surface area is 139 Å². The molecule has 2 aromatic rings. The minimum absolute atomic E-state index is 0.227. The van der Waals surface area contributed by atoms with E-state index in [-0.39, 0.29) is 5.69 Å². The Bertz CT molecular complexity index is 854. The zero-order valence-corrected chi connectivity index (χ0v) is 14.0. The number of hydrogen-bond donors (Lipinski definition) is 0. The van der Waals surface area contributed by atoms with Gasteiger partial charge in [-0.15, -0.1) is 11.3 Å². The number of rotatable bonds is 0. The van der Waals surface area contributed by atoms with Gasteiger partial charge in [0.1, 0.15) is 0 Å². The molecular weight excluding hydrogens is 349 g/mol. The lowest BCUT2D eigenvalue weighted by atomic mass is 9.88. The number of thiazole rings is 1. The third kappa shape index (κ3) is 2.61. The molecular formula is C15H12ClF3N2OS. The van der Waals surface area contributed by atoms with Crippen LogP contribution in [0, 0.1) is 0 Å². The molecule has 0 aliphatic carbocycles. The van der Waals surface area contributed by atoms with Gasteiger partial charge in [-0.2, -0.15) is 13.2 Å². The molecule has 0 spiro atoms. The summed E-state index contributed by atoms with van der Waals surface area (Å²) >= 11 is 7.05. The van der Waals surface area contributed by atoms with Crippen LogP contribution in [0.4, 0.5) is 18.9 Å². The molecule has 2 heterocycles. The maximum Gasteiger partial charge on any atom is 0.471 e. The Morgan fingerprint density at radius 1 is 1.35 bits per heavy atom. The molecule has 0 saturated heterocycles. The molecule has 0 radical (unpaired) electrons. The molecule has 122 valence electrons. The van der Waals surface area contributed by atoms with E-state index in [1.165, 1.54) is 0 Å². The summed E-state index contributed by atoms with van der Waals surface area (Å²) in [7, 11) is 0. The number of aromatic nitrogens is 1. The van der Waals surface area contributed by atoms with Gasteiger partial charge < -0.3 is 0 Å². The second-order valence-corrected chi connectivity index (χ2v) is 7.54. The fraction of sp³-hybridized carbons (Fsp3) is 0.333. The first-order valence-electron chi connectivity index (χ1n) is 6.72. The summed E-state index contributed by atoms with van der Waals surface area (Å²) in [6.45, 7) is 4.95. The first-order chi connectivity index (χ1) is 10.5. The van der Waals surface area contributed by atoms with Crippen molar-refractivity contribution in [1.29, 1.82) is 0 Å². The number of amides is 1. The average molecular weight is 361 g/mol. The van der Waals surface area contributed by atoms with E-state index in [1.807, 2.05) is 0 Å². The van der Waals surface area contributed by atoms with E-state index in [9.17, 15) is 18.0 Å². The van der Waals surface area contributed by atoms with Gasteiger partial charge in [0.15, 0.2) is 4.47 Å². The number of allylic oxidation sites excluding steroid dienone is 1. The molecule has 1 aliphatic heterocycles. The molecule has 1 aromatic heterocycles. The monoisotopic (exact) mass is 360 g/mol. The molecule has 1 aromatic carbocycles. The van der Waals surface area contributed by atoms with Gasteiger partial charge >= 0.3 is 12.1 Å². The normalized spacial score (nSPS) is 17.2. The van der Waals surface area contributed by atoms with Crippen molar-refractivity contribution in [3.63, 3.8) is 0 Å². The average Bonchev–Trinajstić information content (AvgIpc) is 2.73. The van der Waals surface area contributed by atoms with Crippen LogP contribution >= 0.6 is 22.9 Å². The number of benzene rings is 1. The fourth-order valence-corrected chi connectivity index (χ4v) is 3.96. The highest BCUT2D eigenvalue weighted by atomic mass is 35.5. The number of alkyl halides is 3. The van der Waals surface area contributed by atoms with Crippen molar-refractivity contribution in [1.82, 2.24) is 4.98 Å². The van der Waals surface area contributed by atoms with E-state index in [1.54, 1.807) is 39.0 Å². The highest BCUT2D eigenvalue weighted by Crippen LogP contribution is 2.43. The summed E-state index contributed by atoms with van der Waals surface area (Å²) < 4.78 is 40.1. The number of hydrogen-bond acceptors (Lipinski definition) is 3. The Hall–Kier alpha value is -1.60. The van der Waals surface area contributed by atoms with E-state index in [4.69, 9.17) is 11.6 Å². The van der Waals surface area contributed by atoms with Crippen LogP contribution in [0.25, 0.3) is 15.8 Å². The fourth-order valence-electron chi connectivity index (χ4n) is 2.92. The molecule has 0 atom stereocenters. The summed E-state index contributed by atoms with van der Waals surface area (Å²) in [5, 5.41) is 0. The standard InChI is InChI=1S/C15H12ClF3N2OS/c1-7-6-14(2,3)21(12(22)15(17,18)19)10-5-11-9(4-8(7)10)20-13(16)23-11/h4-6H,1-3H3. The minimum Gasteiger partial charge on any atom is -0.295 e. The highest BCUT2D eigenvalue weighted by molar-refractivity contribution is 7.22. The van der Waals surface area contributed by atoms with Crippen molar-refractivity contribution in [2.75, 3.05) is 4.90 Å². The van der Waals surface area contributed by atoms with Crippen LogP contribution in [-0.2, 0) is 4.79 Å². The number of halogens is 4. The van der Waals surface area contributed by atoms with Crippen LogP contribution in [-0.4, -0.2) is 22.6 Å².